The van der Waals surface area contributed by atoms with Gasteiger partial charge in [-0.25, -0.2) is 0 Å². The summed E-state index contributed by atoms with van der Waals surface area (Å²) in [5.74, 6) is 1.79. The van der Waals surface area contributed by atoms with Crippen LogP contribution in [0.3, 0.4) is 0 Å². The van der Waals surface area contributed by atoms with Crippen LogP contribution in [0.1, 0.15) is 32.3 Å². The lowest BCUT2D eigenvalue weighted by molar-refractivity contribution is -0.122. The highest BCUT2D eigenvalue weighted by atomic mass is 16.5. The molecule has 1 amide bonds. The lowest BCUT2D eigenvalue weighted by atomic mass is 9.99. The fraction of sp³-hybridized carbons (Fsp3) is 0.458. The molecule has 0 aliphatic carbocycles. The molecule has 3 rings (SSSR count). The average molecular weight is 397 g/mol. The Morgan fingerprint density at radius 3 is 2.28 bits per heavy atom. The van der Waals surface area contributed by atoms with Crippen LogP contribution in [0.5, 0.6) is 11.5 Å². The van der Waals surface area contributed by atoms with E-state index in [0.29, 0.717) is 0 Å². The fourth-order valence-electron chi connectivity index (χ4n) is 3.88. The Balaban J connectivity index is 1.68. The first kappa shape index (κ1) is 21.2. The quantitative estimate of drug-likeness (QED) is 0.697. The third-order valence-corrected chi connectivity index (χ3v) is 5.55. The molecule has 29 heavy (non-hydrogen) atoms. The molecule has 1 fully saturated rings. The van der Waals surface area contributed by atoms with E-state index >= 15 is 0 Å². The molecule has 5 nitrogen and oxygen atoms in total. The summed E-state index contributed by atoms with van der Waals surface area (Å²) in [6.07, 6.45) is 1.93. The number of carbonyl (C=O) groups is 1. The van der Waals surface area contributed by atoms with Gasteiger partial charge in [-0.05, 0) is 42.7 Å². The lowest BCUT2D eigenvalue weighted by Gasteiger charge is -2.39. The maximum Gasteiger partial charge on any atom is 0.229 e. The van der Waals surface area contributed by atoms with Crippen molar-refractivity contribution in [2.24, 2.45) is 5.92 Å². The summed E-state index contributed by atoms with van der Waals surface area (Å²) in [6.45, 7) is 6.81. The molecule has 0 N–H and O–H groups in total. The standard InChI is InChI=1S/C24H32N2O3/c1-18(2)24(27)26(21-6-5-7-23(16-21)29-4)20-12-14-25(15-13-20)17-19-8-10-22(28-3)11-9-19/h5-11,16,18,20H,12-15,17H2,1-4H3. The van der Waals surface area contributed by atoms with Gasteiger partial charge in [-0.3, -0.25) is 9.69 Å². The number of amides is 1. The molecule has 1 aliphatic rings. The maximum atomic E-state index is 13.0. The first-order valence-electron chi connectivity index (χ1n) is 10.3. The summed E-state index contributed by atoms with van der Waals surface area (Å²) in [5.41, 5.74) is 2.21. The second-order valence-corrected chi connectivity index (χ2v) is 7.92. The monoisotopic (exact) mass is 396 g/mol. The highest BCUT2D eigenvalue weighted by Crippen LogP contribution is 2.29. The van der Waals surface area contributed by atoms with Crippen LogP contribution in [-0.4, -0.2) is 44.2 Å². The summed E-state index contributed by atoms with van der Waals surface area (Å²) in [5, 5.41) is 0. The van der Waals surface area contributed by atoms with Gasteiger partial charge in [0.05, 0.1) is 14.2 Å². The van der Waals surface area contributed by atoms with Crippen LogP contribution in [0.25, 0.3) is 0 Å². The minimum absolute atomic E-state index is 0.0430. The van der Waals surface area contributed by atoms with Crippen LogP contribution in [0, 0.1) is 5.92 Å². The van der Waals surface area contributed by atoms with Crippen LogP contribution in [0.2, 0.25) is 0 Å². The van der Waals surface area contributed by atoms with E-state index in [-0.39, 0.29) is 17.9 Å². The molecule has 0 radical (unpaired) electrons. The second-order valence-electron chi connectivity index (χ2n) is 7.92. The van der Waals surface area contributed by atoms with Gasteiger partial charge < -0.3 is 14.4 Å². The summed E-state index contributed by atoms with van der Waals surface area (Å²) in [6, 6.07) is 16.3. The molecule has 0 spiro atoms. The van der Waals surface area contributed by atoms with Gasteiger partial charge in [0.1, 0.15) is 11.5 Å². The lowest BCUT2D eigenvalue weighted by Crippen LogP contribution is -2.48. The van der Waals surface area contributed by atoms with Crippen molar-refractivity contribution in [2.45, 2.75) is 39.3 Å². The topological polar surface area (TPSA) is 42.0 Å². The Morgan fingerprint density at radius 1 is 1.03 bits per heavy atom. The van der Waals surface area contributed by atoms with E-state index in [1.165, 1.54) is 5.56 Å². The third-order valence-electron chi connectivity index (χ3n) is 5.55. The Hall–Kier alpha value is -2.53. The van der Waals surface area contributed by atoms with Crippen molar-refractivity contribution in [3.8, 4) is 11.5 Å². The summed E-state index contributed by atoms with van der Waals surface area (Å²) in [7, 11) is 3.34. The number of ether oxygens (including phenoxy) is 2. The van der Waals surface area contributed by atoms with E-state index in [0.717, 1.165) is 49.7 Å². The van der Waals surface area contributed by atoms with Gasteiger partial charge in [0.2, 0.25) is 5.91 Å². The highest BCUT2D eigenvalue weighted by Gasteiger charge is 2.30. The molecule has 2 aromatic rings. The third kappa shape index (κ3) is 5.30. The molecule has 1 saturated heterocycles. The fourth-order valence-corrected chi connectivity index (χ4v) is 3.88. The number of rotatable bonds is 7. The van der Waals surface area contributed by atoms with Crippen LogP contribution in [0.15, 0.2) is 48.5 Å². The SMILES string of the molecule is COc1ccc(CN2CCC(N(C(=O)C(C)C)c3cccc(OC)c3)CC2)cc1. The Labute approximate surface area is 174 Å². The normalized spacial score (nSPS) is 15.3. The summed E-state index contributed by atoms with van der Waals surface area (Å²) in [4.78, 5) is 17.5. The van der Waals surface area contributed by atoms with E-state index in [4.69, 9.17) is 9.47 Å². The zero-order chi connectivity index (χ0) is 20.8. The molecule has 1 aliphatic heterocycles. The molecule has 0 atom stereocenters. The maximum absolute atomic E-state index is 13.0. The Bertz CT molecular complexity index is 796. The molecule has 0 saturated carbocycles. The molecule has 0 aromatic heterocycles. The van der Waals surface area contributed by atoms with Crippen LogP contribution in [0.4, 0.5) is 5.69 Å². The second kappa shape index (κ2) is 9.79. The van der Waals surface area contributed by atoms with Gasteiger partial charge in [-0.2, -0.15) is 0 Å². The van der Waals surface area contributed by atoms with Crippen molar-refractivity contribution in [1.82, 2.24) is 4.90 Å². The van der Waals surface area contributed by atoms with Gasteiger partial charge in [0, 0.05) is 43.3 Å². The number of anilines is 1. The van der Waals surface area contributed by atoms with Crippen LogP contribution < -0.4 is 14.4 Å². The zero-order valence-corrected chi connectivity index (χ0v) is 17.9. The molecular weight excluding hydrogens is 364 g/mol. The summed E-state index contributed by atoms with van der Waals surface area (Å²) < 4.78 is 10.6. The van der Waals surface area contributed by atoms with E-state index in [2.05, 4.69) is 17.0 Å². The van der Waals surface area contributed by atoms with Crippen molar-refractivity contribution in [3.63, 3.8) is 0 Å². The number of carbonyl (C=O) groups excluding carboxylic acids is 1. The van der Waals surface area contributed by atoms with Gasteiger partial charge in [-0.1, -0.05) is 32.0 Å². The first-order chi connectivity index (χ1) is 14.0. The Morgan fingerprint density at radius 2 is 1.69 bits per heavy atom. The van der Waals surface area contributed by atoms with Gasteiger partial charge >= 0.3 is 0 Å². The predicted octanol–water partition coefficient (Wildman–Crippen LogP) is 4.36. The van der Waals surface area contributed by atoms with Gasteiger partial charge in [0.15, 0.2) is 0 Å². The molecule has 156 valence electrons. The van der Waals surface area contributed by atoms with Crippen molar-refractivity contribution >= 4 is 11.6 Å². The zero-order valence-electron chi connectivity index (χ0n) is 17.9. The number of hydrogen-bond donors (Lipinski definition) is 0. The van der Waals surface area contributed by atoms with Gasteiger partial charge in [-0.15, -0.1) is 0 Å². The molecular formula is C24H32N2O3. The van der Waals surface area contributed by atoms with Crippen LogP contribution >= 0.6 is 0 Å². The minimum atomic E-state index is -0.0430. The molecule has 1 heterocycles. The number of likely N-dealkylation sites (tertiary alicyclic amines) is 1. The largest absolute Gasteiger partial charge is 0.497 e. The van der Waals surface area contributed by atoms with Crippen molar-refractivity contribution < 1.29 is 14.3 Å². The molecule has 5 heteroatoms. The van der Waals surface area contributed by atoms with E-state index in [1.54, 1.807) is 14.2 Å². The summed E-state index contributed by atoms with van der Waals surface area (Å²) >= 11 is 0. The van der Waals surface area contributed by atoms with E-state index in [9.17, 15) is 4.79 Å². The predicted molar refractivity (Wildman–Crippen MR) is 117 cm³/mol. The highest BCUT2D eigenvalue weighted by molar-refractivity contribution is 5.95. The van der Waals surface area contributed by atoms with E-state index in [1.807, 2.05) is 55.1 Å². The first-order valence-corrected chi connectivity index (χ1v) is 10.3. The van der Waals surface area contributed by atoms with Gasteiger partial charge in [0.25, 0.3) is 0 Å². The number of nitrogens with zero attached hydrogens (tertiary/aromatic N) is 2. The van der Waals surface area contributed by atoms with Crippen LogP contribution in [-0.2, 0) is 11.3 Å². The number of hydrogen-bond acceptors (Lipinski definition) is 4. The smallest absolute Gasteiger partial charge is 0.229 e. The number of piperidine rings is 1. The van der Waals surface area contributed by atoms with Crippen molar-refractivity contribution in [1.29, 1.82) is 0 Å². The van der Waals surface area contributed by atoms with E-state index < -0.39 is 0 Å². The van der Waals surface area contributed by atoms with Crippen molar-refractivity contribution in [3.05, 3.63) is 54.1 Å². The average Bonchev–Trinajstić information content (AvgIpc) is 2.75. The molecule has 0 unspecified atom stereocenters. The number of benzene rings is 2. The molecule has 2 aromatic carbocycles. The minimum Gasteiger partial charge on any atom is -0.497 e. The number of methoxy groups -OCH3 is 2. The molecule has 0 bridgehead atoms. The van der Waals surface area contributed by atoms with Crippen molar-refractivity contribution in [2.75, 3.05) is 32.2 Å². The Kier molecular flexibility index (Phi) is 7.15.